The first-order chi connectivity index (χ1) is 12.0. The molecule has 2 amide bonds. The summed E-state index contributed by atoms with van der Waals surface area (Å²) in [4.78, 5) is 23.9. The van der Waals surface area contributed by atoms with E-state index in [-0.39, 0.29) is 24.8 Å². The normalized spacial score (nSPS) is 10.2. The second-order valence-corrected chi connectivity index (χ2v) is 5.97. The largest absolute Gasteiger partial charge is 0.494 e. The Bertz CT molecular complexity index is 728. The van der Waals surface area contributed by atoms with Gasteiger partial charge in [-0.15, -0.1) is 0 Å². The number of hydrogen-bond donors (Lipinski definition) is 2. The second-order valence-electron chi connectivity index (χ2n) is 5.16. The highest BCUT2D eigenvalue weighted by Gasteiger charge is 2.12. The van der Waals surface area contributed by atoms with Crippen LogP contribution in [0.4, 0.5) is 5.69 Å². The van der Waals surface area contributed by atoms with E-state index in [1.165, 1.54) is 0 Å². The quantitative estimate of drug-likeness (QED) is 0.769. The van der Waals surface area contributed by atoms with Crippen LogP contribution in [-0.4, -0.2) is 25.0 Å². The van der Waals surface area contributed by atoms with Crippen LogP contribution in [0.25, 0.3) is 0 Å². The summed E-state index contributed by atoms with van der Waals surface area (Å²) < 4.78 is 5.33. The van der Waals surface area contributed by atoms with Gasteiger partial charge >= 0.3 is 0 Å². The zero-order valence-electron chi connectivity index (χ0n) is 13.6. The Morgan fingerprint density at radius 3 is 2.24 bits per heavy atom. The van der Waals surface area contributed by atoms with Crippen LogP contribution in [0.5, 0.6) is 5.75 Å². The van der Waals surface area contributed by atoms with Gasteiger partial charge in [-0.05, 0) is 48.9 Å². The Morgan fingerprint density at radius 2 is 1.64 bits per heavy atom. The van der Waals surface area contributed by atoms with E-state index < -0.39 is 0 Å². The first-order valence-corrected chi connectivity index (χ1v) is 8.47. The number of benzene rings is 2. The molecule has 2 rings (SSSR count). The SMILES string of the molecule is CCOc1ccc(NC(=O)CNC(=O)Cc2c(Cl)cccc2Cl)cc1. The minimum Gasteiger partial charge on any atom is -0.494 e. The number of anilines is 1. The van der Waals surface area contributed by atoms with Crippen molar-refractivity contribution in [3.63, 3.8) is 0 Å². The number of ether oxygens (including phenoxy) is 1. The molecule has 2 aromatic rings. The van der Waals surface area contributed by atoms with E-state index in [1.54, 1.807) is 42.5 Å². The van der Waals surface area contributed by atoms with Crippen LogP contribution < -0.4 is 15.4 Å². The standard InChI is InChI=1S/C18H18Cl2N2O3/c1-2-25-13-8-6-12(7-9-13)22-18(24)11-21-17(23)10-14-15(19)4-3-5-16(14)20/h3-9H,2,10-11H2,1H3,(H,21,23)(H,22,24). The van der Waals surface area contributed by atoms with Gasteiger partial charge in [-0.25, -0.2) is 0 Å². The molecule has 0 fully saturated rings. The van der Waals surface area contributed by atoms with Gasteiger partial charge < -0.3 is 15.4 Å². The number of nitrogens with one attached hydrogen (secondary N) is 2. The number of amides is 2. The fourth-order valence-electron chi connectivity index (χ4n) is 2.11. The van der Waals surface area contributed by atoms with Crippen molar-refractivity contribution in [1.82, 2.24) is 5.32 Å². The molecule has 0 unspecified atom stereocenters. The van der Waals surface area contributed by atoms with Crippen molar-refractivity contribution in [2.45, 2.75) is 13.3 Å². The summed E-state index contributed by atoms with van der Waals surface area (Å²) >= 11 is 12.0. The van der Waals surface area contributed by atoms with Gasteiger partial charge in [0.15, 0.2) is 0 Å². The lowest BCUT2D eigenvalue weighted by Gasteiger charge is -2.09. The smallest absolute Gasteiger partial charge is 0.243 e. The zero-order chi connectivity index (χ0) is 18.2. The Morgan fingerprint density at radius 1 is 1.00 bits per heavy atom. The van der Waals surface area contributed by atoms with Gasteiger partial charge in [-0.3, -0.25) is 9.59 Å². The van der Waals surface area contributed by atoms with Crippen LogP contribution in [-0.2, 0) is 16.0 Å². The minimum atomic E-state index is -0.336. The van der Waals surface area contributed by atoms with E-state index in [1.807, 2.05) is 6.92 Å². The summed E-state index contributed by atoms with van der Waals surface area (Å²) in [6.07, 6.45) is 0.00877. The Labute approximate surface area is 156 Å². The summed E-state index contributed by atoms with van der Waals surface area (Å²) in [5.41, 5.74) is 1.16. The molecule has 2 N–H and O–H groups in total. The van der Waals surface area contributed by atoms with Crippen LogP contribution in [0.15, 0.2) is 42.5 Å². The summed E-state index contributed by atoms with van der Waals surface area (Å²) in [7, 11) is 0. The Kier molecular flexibility index (Phi) is 7.10. The van der Waals surface area contributed by atoms with Crippen LogP contribution in [0.1, 0.15) is 12.5 Å². The van der Waals surface area contributed by atoms with E-state index in [0.29, 0.717) is 27.9 Å². The highest BCUT2D eigenvalue weighted by molar-refractivity contribution is 6.36. The van der Waals surface area contributed by atoms with Gasteiger partial charge in [0.1, 0.15) is 5.75 Å². The molecule has 0 atom stereocenters. The van der Waals surface area contributed by atoms with Crippen molar-refractivity contribution in [2.75, 3.05) is 18.5 Å². The van der Waals surface area contributed by atoms with Gasteiger partial charge in [0, 0.05) is 15.7 Å². The number of carbonyl (C=O) groups is 2. The molecule has 0 aromatic heterocycles. The molecule has 0 heterocycles. The first-order valence-electron chi connectivity index (χ1n) is 7.72. The monoisotopic (exact) mass is 380 g/mol. The van der Waals surface area contributed by atoms with E-state index >= 15 is 0 Å². The lowest BCUT2D eigenvalue weighted by atomic mass is 10.1. The number of hydrogen-bond acceptors (Lipinski definition) is 3. The lowest BCUT2D eigenvalue weighted by molar-refractivity contribution is -0.123. The Hall–Kier alpha value is -2.24. The molecular weight excluding hydrogens is 363 g/mol. The zero-order valence-corrected chi connectivity index (χ0v) is 15.2. The third-order valence-corrected chi connectivity index (χ3v) is 4.00. The molecule has 7 heteroatoms. The third kappa shape index (κ3) is 5.96. The van der Waals surface area contributed by atoms with Gasteiger partial charge in [-0.2, -0.15) is 0 Å². The van der Waals surface area contributed by atoms with Crippen molar-refractivity contribution >= 4 is 40.7 Å². The maximum atomic E-state index is 12.0. The summed E-state index contributed by atoms with van der Waals surface area (Å²) in [5, 5.41) is 6.07. The topological polar surface area (TPSA) is 67.4 Å². The predicted octanol–water partition coefficient (Wildman–Crippen LogP) is 3.69. The van der Waals surface area contributed by atoms with Gasteiger partial charge in [-0.1, -0.05) is 29.3 Å². The van der Waals surface area contributed by atoms with Crippen LogP contribution in [0.2, 0.25) is 10.0 Å². The molecule has 0 aliphatic carbocycles. The molecule has 0 radical (unpaired) electrons. The summed E-state index contributed by atoms with van der Waals surface area (Å²) in [6, 6.07) is 12.0. The van der Waals surface area contributed by atoms with Crippen molar-refractivity contribution < 1.29 is 14.3 Å². The van der Waals surface area contributed by atoms with Crippen LogP contribution >= 0.6 is 23.2 Å². The lowest BCUT2D eigenvalue weighted by Crippen LogP contribution is -2.33. The molecule has 132 valence electrons. The molecule has 0 bridgehead atoms. The second kappa shape index (κ2) is 9.30. The van der Waals surface area contributed by atoms with E-state index in [2.05, 4.69) is 10.6 Å². The summed E-state index contributed by atoms with van der Waals surface area (Å²) in [6.45, 7) is 2.33. The summed E-state index contributed by atoms with van der Waals surface area (Å²) in [5.74, 6) is 0.0602. The molecule has 0 aliphatic heterocycles. The van der Waals surface area contributed by atoms with E-state index in [9.17, 15) is 9.59 Å². The van der Waals surface area contributed by atoms with Gasteiger partial charge in [0.2, 0.25) is 11.8 Å². The average Bonchev–Trinajstić information content (AvgIpc) is 2.58. The van der Waals surface area contributed by atoms with Crippen molar-refractivity contribution in [3.8, 4) is 5.75 Å². The van der Waals surface area contributed by atoms with E-state index in [0.717, 1.165) is 5.75 Å². The van der Waals surface area contributed by atoms with Crippen molar-refractivity contribution in [2.24, 2.45) is 0 Å². The average molecular weight is 381 g/mol. The van der Waals surface area contributed by atoms with Crippen molar-refractivity contribution in [3.05, 3.63) is 58.1 Å². The number of rotatable bonds is 7. The maximum Gasteiger partial charge on any atom is 0.243 e. The predicted molar refractivity (Wildman–Crippen MR) is 99.4 cm³/mol. The molecule has 0 aliphatic rings. The first kappa shape index (κ1) is 19.1. The number of carbonyl (C=O) groups excluding carboxylic acids is 2. The van der Waals surface area contributed by atoms with Crippen LogP contribution in [0.3, 0.4) is 0 Å². The molecule has 2 aromatic carbocycles. The Balaban J connectivity index is 1.82. The highest BCUT2D eigenvalue weighted by atomic mass is 35.5. The van der Waals surface area contributed by atoms with Crippen LogP contribution in [0, 0.1) is 0 Å². The highest BCUT2D eigenvalue weighted by Crippen LogP contribution is 2.24. The van der Waals surface area contributed by atoms with Crippen molar-refractivity contribution in [1.29, 1.82) is 0 Å². The molecule has 0 saturated heterocycles. The minimum absolute atomic E-state index is 0.00877. The molecule has 5 nitrogen and oxygen atoms in total. The van der Waals surface area contributed by atoms with Gasteiger partial charge in [0.25, 0.3) is 0 Å². The van der Waals surface area contributed by atoms with Gasteiger partial charge in [0.05, 0.1) is 19.6 Å². The number of halogens is 2. The fourth-order valence-corrected chi connectivity index (χ4v) is 2.64. The van der Waals surface area contributed by atoms with E-state index in [4.69, 9.17) is 27.9 Å². The molecule has 25 heavy (non-hydrogen) atoms. The third-order valence-electron chi connectivity index (χ3n) is 3.29. The molecule has 0 spiro atoms. The fraction of sp³-hybridized carbons (Fsp3) is 0.222. The maximum absolute atomic E-state index is 12.0. The molecule has 0 saturated carbocycles. The molecular formula is C18H18Cl2N2O3.